The fourth-order valence-electron chi connectivity index (χ4n) is 12.5. The van der Waals surface area contributed by atoms with Crippen molar-refractivity contribution in [3.8, 4) is 0 Å². The Morgan fingerprint density at radius 1 is 0.426 bits per heavy atom. The van der Waals surface area contributed by atoms with Gasteiger partial charge in [-0.1, -0.05) is 36.4 Å². The summed E-state index contributed by atoms with van der Waals surface area (Å²) in [6, 6.07) is 19.8. The highest BCUT2D eigenvalue weighted by molar-refractivity contribution is 5.98. The quantitative estimate of drug-likeness (QED) is 0.0248. The highest BCUT2D eigenvalue weighted by atomic mass is 19.4. The molecule has 0 radical (unpaired) electrons. The van der Waals surface area contributed by atoms with Gasteiger partial charge in [-0.05, 0) is 207 Å². The molecule has 0 saturated carbocycles. The first-order chi connectivity index (χ1) is 59.5. The number of Topliss-reactive ketones (excluding diaryl/α,β-unsaturated/α-hetero) is 2. The maximum absolute atomic E-state index is 13.4. The number of carbonyl (C=O) groups is 5. The van der Waals surface area contributed by atoms with Crippen LogP contribution in [0.1, 0.15) is 171 Å². The molecule has 0 aromatic heterocycles. The van der Waals surface area contributed by atoms with Gasteiger partial charge in [0.2, 0.25) is 23.9 Å². The number of alkyl halides is 24. The lowest BCUT2D eigenvalue weighted by Crippen LogP contribution is -2.49. The van der Waals surface area contributed by atoms with E-state index in [-0.39, 0.29) is 71.3 Å². The Morgan fingerprint density at radius 2 is 0.729 bits per heavy atom. The van der Waals surface area contributed by atoms with Gasteiger partial charge in [-0.15, -0.1) is 0 Å². The summed E-state index contributed by atoms with van der Waals surface area (Å²) in [5.41, 5.74) is -7.52. The van der Waals surface area contributed by atoms with E-state index in [1.165, 1.54) is 57.2 Å². The lowest BCUT2D eigenvalue weighted by atomic mass is 10.0. The molecule has 0 bridgehead atoms. The first kappa shape index (κ1) is 104. The van der Waals surface area contributed by atoms with Crippen LogP contribution in [0.4, 0.5) is 123 Å². The highest BCUT2D eigenvalue weighted by Gasteiger charge is 2.46. The average molecular weight is 1880 g/mol. The largest absolute Gasteiger partial charge is 0.416 e. The summed E-state index contributed by atoms with van der Waals surface area (Å²) in [4.78, 5) is 60.5. The topological polar surface area (TPSA) is 224 Å². The number of carbonyl (C=O) groups excluding carboxylic acids is 5. The van der Waals surface area contributed by atoms with Crippen molar-refractivity contribution in [3.63, 3.8) is 0 Å². The minimum Gasteiger partial charge on any atom is -0.369 e. The van der Waals surface area contributed by atoms with E-state index in [9.17, 15) is 152 Å². The number of halogens is 28. The molecule has 129 heavy (non-hydrogen) atoms. The Kier molecular flexibility index (Phi) is 33.6. The van der Waals surface area contributed by atoms with Gasteiger partial charge in [-0.3, -0.25) is 34.1 Å². The zero-order chi connectivity index (χ0) is 96.3. The number of benzene rings is 8. The third kappa shape index (κ3) is 29.3. The van der Waals surface area contributed by atoms with Gasteiger partial charge in [-0.2, -0.15) is 105 Å². The van der Waals surface area contributed by atoms with Crippen LogP contribution < -0.4 is 11.1 Å². The fraction of sp³-hybridized carbons (Fsp3) is 0.361. The second-order valence-corrected chi connectivity index (χ2v) is 28.5. The van der Waals surface area contributed by atoms with Crippen molar-refractivity contribution in [1.29, 1.82) is 0 Å². The molecular formula is C83H70F28N4O14. The Morgan fingerprint density at radius 3 is 1.06 bits per heavy atom. The molecule has 3 heterocycles. The van der Waals surface area contributed by atoms with Crippen molar-refractivity contribution >= 4 is 29.3 Å². The predicted octanol–water partition coefficient (Wildman–Crippen LogP) is 21.0. The van der Waals surface area contributed by atoms with Crippen LogP contribution in [0.15, 0.2) is 170 Å². The van der Waals surface area contributed by atoms with Crippen LogP contribution in [0.3, 0.4) is 0 Å². The van der Waals surface area contributed by atoms with Gasteiger partial charge in [0.15, 0.2) is 24.7 Å². The molecule has 0 aliphatic carbocycles. The number of morpholine rings is 3. The molecule has 8 aromatic carbocycles. The maximum Gasteiger partial charge on any atom is 0.416 e. The van der Waals surface area contributed by atoms with E-state index in [0.717, 1.165) is 74.5 Å². The first-order valence-corrected chi connectivity index (χ1v) is 37.2. The van der Waals surface area contributed by atoms with Crippen LogP contribution in [0.25, 0.3) is 0 Å². The van der Waals surface area contributed by atoms with Crippen LogP contribution in [0, 0.1) is 23.3 Å². The molecule has 3 fully saturated rings. The number of hydrogen-bond donors (Lipinski definition) is 3. The normalized spacial score (nSPS) is 19.3. The SMILES string of the molecule is CC(=O)CO[C@H](O[C@H](C)c1cc(C(F)(F)F)cc(C(F)(F)F)c1)C(=O)c1ccc(F)cc1.C[C@@H](O[C@H]1OCC(=O)N(O)[C@H]1c1ccc(F)cc1)c1cc(C(F)(F)F)cc(C(F)(F)F)c1.C[C@@H](O[C@H]1OCC(=O)N[C@H]1c1ccc(F)cc1)c1cc(C(F)(F)F)cc(C(F)(F)F)c1.C[C@@H](O[C@H]1OCCN(CC(N)=O)[C@H]1c1ccc(F)cc1)c1cc(C(F)(F)F)cc(C(F)(F)F)c1. The van der Waals surface area contributed by atoms with Gasteiger partial charge >= 0.3 is 49.4 Å². The number of nitrogens with one attached hydrogen (secondary N) is 1. The van der Waals surface area contributed by atoms with Crippen LogP contribution in [-0.4, -0.2) is 109 Å². The molecule has 4 N–H and O–H groups in total. The van der Waals surface area contributed by atoms with Crippen molar-refractivity contribution in [1.82, 2.24) is 15.3 Å². The van der Waals surface area contributed by atoms with Crippen molar-refractivity contribution < 1.29 is 190 Å². The molecule has 3 saturated heterocycles. The summed E-state index contributed by atoms with van der Waals surface area (Å²) in [6.07, 6.45) is -51.3. The van der Waals surface area contributed by atoms with E-state index >= 15 is 0 Å². The molecule has 11 atom stereocenters. The summed E-state index contributed by atoms with van der Waals surface area (Å²) in [7, 11) is 0. The molecule has 3 aliphatic rings. The van der Waals surface area contributed by atoms with E-state index in [4.69, 9.17) is 43.6 Å². The van der Waals surface area contributed by atoms with E-state index in [0.29, 0.717) is 59.7 Å². The number of ether oxygens (including phenoxy) is 8. The smallest absolute Gasteiger partial charge is 0.369 e. The van der Waals surface area contributed by atoms with Crippen LogP contribution in [0.5, 0.6) is 0 Å². The van der Waals surface area contributed by atoms with E-state index < -0.39 is 245 Å². The molecule has 8 aromatic rings. The lowest BCUT2D eigenvalue weighted by Gasteiger charge is -2.41. The number of rotatable bonds is 22. The summed E-state index contributed by atoms with van der Waals surface area (Å²) >= 11 is 0. The number of nitrogens with two attached hydrogens (primary N) is 1. The Bertz CT molecular complexity index is 5040. The lowest BCUT2D eigenvalue weighted by molar-refractivity contribution is -0.275. The van der Waals surface area contributed by atoms with Crippen molar-refractivity contribution in [2.24, 2.45) is 5.73 Å². The number of amides is 3. The van der Waals surface area contributed by atoms with Gasteiger partial charge in [-0.25, -0.2) is 22.6 Å². The maximum atomic E-state index is 13.4. The van der Waals surface area contributed by atoms with Gasteiger partial charge < -0.3 is 48.9 Å². The Labute approximate surface area is 711 Å². The molecule has 0 unspecified atom stereocenters. The van der Waals surface area contributed by atoms with Gasteiger partial charge in [0.25, 0.3) is 5.91 Å². The summed E-state index contributed by atoms with van der Waals surface area (Å²) in [5.74, 6) is -5.81. The minimum absolute atomic E-state index is 0.0111. The molecular weight excluding hydrogens is 1810 g/mol. The molecule has 46 heteroatoms. The molecule has 3 amide bonds. The number of ketones is 2. The van der Waals surface area contributed by atoms with Crippen molar-refractivity contribution in [2.75, 3.05) is 39.5 Å². The number of primary amides is 1. The third-order valence-electron chi connectivity index (χ3n) is 18.9. The zero-order valence-corrected chi connectivity index (χ0v) is 66.6. The minimum atomic E-state index is -5.07. The summed E-state index contributed by atoms with van der Waals surface area (Å²) in [6.45, 7) is 4.38. The Hall–Kier alpha value is -10.9. The monoisotopic (exact) mass is 1880 g/mol. The predicted molar refractivity (Wildman–Crippen MR) is 389 cm³/mol. The zero-order valence-electron chi connectivity index (χ0n) is 66.6. The van der Waals surface area contributed by atoms with E-state index in [2.05, 4.69) is 5.32 Å². The second kappa shape index (κ2) is 41.9. The Balaban J connectivity index is 0.000000213. The molecule has 702 valence electrons. The van der Waals surface area contributed by atoms with Crippen LogP contribution in [0.2, 0.25) is 0 Å². The highest BCUT2D eigenvalue weighted by Crippen LogP contribution is 2.46. The van der Waals surface area contributed by atoms with Crippen LogP contribution >= 0.6 is 0 Å². The van der Waals surface area contributed by atoms with Gasteiger partial charge in [0.1, 0.15) is 55.2 Å². The third-order valence-corrected chi connectivity index (χ3v) is 18.9. The molecule has 11 rings (SSSR count). The second-order valence-electron chi connectivity index (χ2n) is 28.5. The van der Waals surface area contributed by atoms with Crippen molar-refractivity contribution in [2.45, 2.75) is 152 Å². The van der Waals surface area contributed by atoms with Crippen LogP contribution in [-0.2, 0) is 106 Å². The van der Waals surface area contributed by atoms with Crippen molar-refractivity contribution in [3.05, 3.63) is 282 Å². The first-order valence-electron chi connectivity index (χ1n) is 37.2. The summed E-state index contributed by atoms with van der Waals surface area (Å²) < 4.78 is 412. The number of hydroxylamine groups is 2. The molecule has 18 nitrogen and oxygen atoms in total. The standard InChI is InChI=1S/C22H21F7N2O3.C21H17F7O4.C20H16F7NO4.C20H16F7NO3/c1-12(14-8-15(21(24,25)26)10-16(9-14)22(27,28)29)34-20-19(13-2-4-17(23)5-3-13)31(6-7-33-20)11-18(30)32;1-11(29)10-31-19(18(30)13-3-5-17(22)6-4-13)32-12(2)14-7-15(20(23,24)25)9-16(8-14)21(26,27)28;1-10(12-6-13(19(22,23)24)8-14(7-12)20(25,26)27)32-18-17(28(30)16(29)9-31-18)11-2-4-15(21)5-3-11;1-10(12-6-13(19(22,23)24)8-14(7-12)20(25,26)27)31-18-17(28-16(29)9-30-18)11-2-4-15(21)5-3-11/h2-5,8-10,12,19-20H,6-7,11H2,1H3,(H2,30,32);3-9,12,19H,10H2,1-2H3;2-8,10,17-18,30H,9H2,1H3;2-8,10,17-18H,9H2,1H3,(H,28,29)/t12-,19+,20-;12-,19-;2*10-,17+,18-/m1111/s1. The number of hydrogen-bond acceptors (Lipinski definition) is 15. The number of nitrogens with zero attached hydrogens (tertiary/aromatic N) is 2. The molecule has 3 aliphatic heterocycles. The molecule has 0 spiro atoms. The fourth-order valence-corrected chi connectivity index (χ4v) is 12.5. The summed E-state index contributed by atoms with van der Waals surface area (Å²) in [5, 5.41) is 13.0. The van der Waals surface area contributed by atoms with E-state index in [1.807, 2.05) is 0 Å². The average Bonchev–Trinajstić information content (AvgIpc) is 0.787. The van der Waals surface area contributed by atoms with Gasteiger partial charge in [0, 0.05) is 12.1 Å². The van der Waals surface area contributed by atoms with Gasteiger partial charge in [0.05, 0.1) is 88.1 Å². The van der Waals surface area contributed by atoms with E-state index in [1.54, 1.807) is 4.90 Å².